The fourth-order valence-corrected chi connectivity index (χ4v) is 4.20. The molecule has 0 aliphatic carbocycles. The van der Waals surface area contributed by atoms with Crippen LogP contribution in [0.2, 0.25) is 0 Å². The van der Waals surface area contributed by atoms with Gasteiger partial charge in [-0.1, -0.05) is 55.2 Å². The molecular weight excluding hydrogens is 486 g/mol. The van der Waals surface area contributed by atoms with E-state index in [0.717, 1.165) is 34.1 Å². The molecule has 6 aromatic rings. The fraction of sp³-hybridized carbons (Fsp3) is 0.0645. The zero-order chi connectivity index (χ0) is 27.2. The first kappa shape index (κ1) is 25.1. The van der Waals surface area contributed by atoms with Crippen LogP contribution in [0.1, 0.15) is 34.1 Å². The van der Waals surface area contributed by atoms with Crippen LogP contribution in [0.25, 0.3) is 27.7 Å². The summed E-state index contributed by atoms with van der Waals surface area (Å²) in [5.74, 6) is 6.01. The van der Waals surface area contributed by atoms with Crippen LogP contribution in [-0.2, 0) is 6.42 Å². The summed E-state index contributed by atoms with van der Waals surface area (Å²) >= 11 is 0. The number of fused-ring (bicyclic) bond motifs is 2. The Morgan fingerprint density at radius 2 is 1.74 bits per heavy atom. The normalized spacial score (nSPS) is 10.4. The van der Waals surface area contributed by atoms with Gasteiger partial charge in [0, 0.05) is 52.6 Å². The Bertz CT molecular complexity index is 1840. The number of amides is 1. The SMILES string of the molecule is CCc1nc2cccc(C#Cc3ccncc3)c2cc1-c1ccccc1.NC(=O)c1c(N)nn2cccnc12. The van der Waals surface area contributed by atoms with Crippen LogP contribution >= 0.6 is 0 Å². The third-order valence-electron chi connectivity index (χ3n) is 6.05. The number of hydrogen-bond acceptors (Lipinski definition) is 6. The van der Waals surface area contributed by atoms with Crippen LogP contribution in [-0.4, -0.2) is 30.5 Å². The van der Waals surface area contributed by atoms with Crippen LogP contribution in [0.3, 0.4) is 0 Å². The highest BCUT2D eigenvalue weighted by atomic mass is 16.1. The summed E-state index contributed by atoms with van der Waals surface area (Å²) in [6.45, 7) is 2.15. The van der Waals surface area contributed by atoms with E-state index in [9.17, 15) is 4.79 Å². The number of carbonyl (C=O) groups is 1. The maximum atomic E-state index is 10.9. The monoisotopic (exact) mass is 511 g/mol. The summed E-state index contributed by atoms with van der Waals surface area (Å²) in [7, 11) is 0. The highest BCUT2D eigenvalue weighted by Crippen LogP contribution is 2.28. The molecule has 1 amide bonds. The first-order valence-electron chi connectivity index (χ1n) is 12.3. The summed E-state index contributed by atoms with van der Waals surface area (Å²) in [5.41, 5.74) is 17.6. The van der Waals surface area contributed by atoms with Crippen LogP contribution in [0.15, 0.2) is 97.6 Å². The van der Waals surface area contributed by atoms with E-state index in [1.54, 1.807) is 30.9 Å². The molecule has 0 saturated carbocycles. The summed E-state index contributed by atoms with van der Waals surface area (Å²) < 4.78 is 1.41. The molecule has 8 heteroatoms. The van der Waals surface area contributed by atoms with E-state index < -0.39 is 5.91 Å². The number of nitrogen functional groups attached to an aromatic ring is 1. The largest absolute Gasteiger partial charge is 0.381 e. The molecule has 0 saturated heterocycles. The molecule has 0 spiro atoms. The molecule has 2 aromatic carbocycles. The number of benzene rings is 2. The second kappa shape index (κ2) is 11.2. The number of nitrogens with zero attached hydrogens (tertiary/aromatic N) is 5. The summed E-state index contributed by atoms with van der Waals surface area (Å²) in [4.78, 5) is 23.8. The van der Waals surface area contributed by atoms with Crippen molar-refractivity contribution in [2.75, 3.05) is 5.73 Å². The van der Waals surface area contributed by atoms with Crippen molar-refractivity contribution >= 4 is 28.3 Å². The number of rotatable bonds is 3. The van der Waals surface area contributed by atoms with Gasteiger partial charge in [0.05, 0.1) is 5.52 Å². The lowest BCUT2D eigenvalue weighted by Crippen LogP contribution is -2.12. The van der Waals surface area contributed by atoms with Gasteiger partial charge >= 0.3 is 0 Å². The number of primary amides is 1. The molecule has 4 heterocycles. The average molecular weight is 512 g/mol. The average Bonchev–Trinajstić information content (AvgIpc) is 3.32. The van der Waals surface area contributed by atoms with Crippen molar-refractivity contribution in [2.45, 2.75) is 13.3 Å². The van der Waals surface area contributed by atoms with Gasteiger partial charge in [0.25, 0.3) is 5.91 Å². The zero-order valence-electron chi connectivity index (χ0n) is 21.2. The number of aromatic nitrogens is 5. The first-order valence-corrected chi connectivity index (χ1v) is 12.3. The van der Waals surface area contributed by atoms with Crippen molar-refractivity contribution in [3.05, 3.63) is 120 Å². The number of anilines is 1. The number of carbonyl (C=O) groups excluding carboxylic acids is 1. The van der Waals surface area contributed by atoms with Gasteiger partial charge in [-0.3, -0.25) is 14.8 Å². The standard InChI is InChI=1S/C24H18N2.C7H7N5O/c1-2-23-21(19-7-4-3-5-8-19)17-22-20(9-6-10-24(22)26-23)12-11-18-13-15-25-16-14-18;8-5-4(6(9)13)7-10-2-1-3-12(7)11-5/h3-10,13-17H,2H2,1H3;1-3H,(H2,8,11)(H2,9,13). The van der Waals surface area contributed by atoms with Crippen molar-refractivity contribution in [3.63, 3.8) is 0 Å². The van der Waals surface area contributed by atoms with Gasteiger partial charge in [0.1, 0.15) is 5.56 Å². The molecule has 0 aliphatic heterocycles. The molecule has 0 fully saturated rings. The molecule has 0 unspecified atom stereocenters. The Kier molecular flexibility index (Phi) is 7.23. The predicted molar refractivity (Wildman–Crippen MR) is 153 cm³/mol. The third-order valence-corrected chi connectivity index (χ3v) is 6.05. The highest BCUT2D eigenvalue weighted by Gasteiger charge is 2.15. The van der Waals surface area contributed by atoms with E-state index in [2.05, 4.69) is 76.3 Å². The van der Waals surface area contributed by atoms with Crippen LogP contribution < -0.4 is 11.5 Å². The van der Waals surface area contributed by atoms with Crippen molar-refractivity contribution in [1.29, 1.82) is 0 Å². The second-order valence-electron chi connectivity index (χ2n) is 8.57. The number of pyridine rings is 2. The quantitative estimate of drug-likeness (QED) is 0.333. The summed E-state index contributed by atoms with van der Waals surface area (Å²) in [6.07, 6.45) is 7.60. The predicted octanol–water partition coefficient (Wildman–Crippen LogP) is 4.67. The van der Waals surface area contributed by atoms with Crippen molar-refractivity contribution in [2.24, 2.45) is 5.73 Å². The van der Waals surface area contributed by atoms with Gasteiger partial charge in [-0.05, 0) is 48.4 Å². The lowest BCUT2D eigenvalue weighted by Gasteiger charge is -2.10. The molecule has 0 atom stereocenters. The van der Waals surface area contributed by atoms with Gasteiger partial charge in [-0.15, -0.1) is 5.10 Å². The van der Waals surface area contributed by atoms with Crippen molar-refractivity contribution in [3.8, 4) is 23.0 Å². The molecule has 6 rings (SSSR count). The van der Waals surface area contributed by atoms with E-state index in [1.165, 1.54) is 15.6 Å². The summed E-state index contributed by atoms with van der Waals surface area (Å²) in [5, 5.41) is 4.95. The number of nitrogens with two attached hydrogens (primary N) is 2. The van der Waals surface area contributed by atoms with Crippen molar-refractivity contribution < 1.29 is 4.79 Å². The zero-order valence-corrected chi connectivity index (χ0v) is 21.2. The minimum absolute atomic E-state index is 0.103. The van der Waals surface area contributed by atoms with Crippen LogP contribution in [0.4, 0.5) is 5.82 Å². The van der Waals surface area contributed by atoms with Crippen LogP contribution in [0.5, 0.6) is 0 Å². The Balaban J connectivity index is 0.000000198. The molecule has 190 valence electrons. The first-order chi connectivity index (χ1) is 19.0. The van der Waals surface area contributed by atoms with E-state index in [0.29, 0.717) is 5.65 Å². The Morgan fingerprint density at radius 3 is 2.49 bits per heavy atom. The Hall–Kier alpha value is -5.55. The van der Waals surface area contributed by atoms with Gasteiger partial charge in [0.15, 0.2) is 11.5 Å². The third kappa shape index (κ3) is 5.43. The maximum absolute atomic E-state index is 10.9. The fourth-order valence-electron chi connectivity index (χ4n) is 4.20. The molecule has 4 N–H and O–H groups in total. The lowest BCUT2D eigenvalue weighted by molar-refractivity contribution is 0.100. The molecule has 0 aliphatic rings. The molecule has 0 bridgehead atoms. The topological polar surface area (TPSA) is 125 Å². The minimum atomic E-state index is -0.619. The smallest absolute Gasteiger partial charge is 0.256 e. The Labute approximate surface area is 225 Å². The molecule has 4 aromatic heterocycles. The van der Waals surface area contributed by atoms with Crippen LogP contribution in [0, 0.1) is 11.8 Å². The molecule has 8 nitrogen and oxygen atoms in total. The van der Waals surface area contributed by atoms with E-state index >= 15 is 0 Å². The minimum Gasteiger partial charge on any atom is -0.381 e. The van der Waals surface area contributed by atoms with Crippen molar-refractivity contribution in [1.82, 2.24) is 24.6 Å². The lowest BCUT2D eigenvalue weighted by atomic mass is 9.98. The number of hydrogen-bond donors (Lipinski definition) is 2. The highest BCUT2D eigenvalue weighted by molar-refractivity contribution is 6.03. The van der Waals surface area contributed by atoms with Gasteiger partial charge in [0.2, 0.25) is 0 Å². The molecular formula is C31H25N7O. The van der Waals surface area contributed by atoms with E-state index in [4.69, 9.17) is 16.5 Å². The van der Waals surface area contributed by atoms with Gasteiger partial charge in [-0.25, -0.2) is 9.50 Å². The maximum Gasteiger partial charge on any atom is 0.256 e. The van der Waals surface area contributed by atoms with Gasteiger partial charge in [-0.2, -0.15) is 0 Å². The summed E-state index contributed by atoms with van der Waals surface area (Å²) in [6, 6.07) is 24.3. The number of aryl methyl sites for hydroxylation is 1. The van der Waals surface area contributed by atoms with E-state index in [1.807, 2.05) is 24.3 Å². The van der Waals surface area contributed by atoms with E-state index in [-0.39, 0.29) is 11.4 Å². The molecule has 0 radical (unpaired) electrons. The second-order valence-corrected chi connectivity index (χ2v) is 8.57. The Morgan fingerprint density at radius 1 is 0.949 bits per heavy atom. The van der Waals surface area contributed by atoms with Gasteiger partial charge < -0.3 is 11.5 Å². The molecule has 39 heavy (non-hydrogen) atoms.